The first-order valence-electron chi connectivity index (χ1n) is 4.47. The molecule has 1 aromatic heterocycles. The molecule has 5 heteroatoms. The third kappa shape index (κ3) is 1.83. The van der Waals surface area contributed by atoms with Crippen molar-refractivity contribution in [1.82, 2.24) is 14.8 Å². The van der Waals surface area contributed by atoms with Crippen LogP contribution in [-0.4, -0.2) is 14.8 Å². The van der Waals surface area contributed by atoms with Crippen molar-refractivity contribution in [1.29, 1.82) is 0 Å². The molecule has 1 heterocycles. The van der Waals surface area contributed by atoms with E-state index in [-0.39, 0.29) is 5.82 Å². The summed E-state index contributed by atoms with van der Waals surface area (Å²) in [5.41, 5.74) is 1.43. The van der Waals surface area contributed by atoms with E-state index in [1.807, 2.05) is 6.92 Å². The van der Waals surface area contributed by atoms with E-state index in [4.69, 9.17) is 12.2 Å². The Balaban J connectivity index is 2.63. The standard InChI is InChI=1S/C10H10FN3S/c1-6-3-4-8(11)7(5-6)9-12-10(15)14(2)13-9/h3-5H,1-2H3,(H,12,13,15). The van der Waals surface area contributed by atoms with Gasteiger partial charge in [-0.25, -0.2) is 4.39 Å². The summed E-state index contributed by atoms with van der Waals surface area (Å²) < 4.78 is 15.5. The largest absolute Gasteiger partial charge is 0.279 e. The predicted octanol–water partition coefficient (Wildman–Crippen LogP) is 2.59. The lowest BCUT2D eigenvalue weighted by Gasteiger charge is -2.00. The number of aryl methyl sites for hydroxylation is 2. The molecule has 0 aliphatic carbocycles. The maximum atomic E-state index is 13.5. The van der Waals surface area contributed by atoms with E-state index < -0.39 is 0 Å². The maximum Gasteiger partial charge on any atom is 0.216 e. The first-order valence-corrected chi connectivity index (χ1v) is 4.88. The molecule has 0 amide bonds. The maximum absolute atomic E-state index is 13.5. The average Bonchev–Trinajstić information content (AvgIpc) is 2.51. The van der Waals surface area contributed by atoms with E-state index in [0.29, 0.717) is 16.2 Å². The number of halogens is 1. The number of nitrogens with one attached hydrogen (secondary N) is 1. The molecule has 0 saturated heterocycles. The summed E-state index contributed by atoms with van der Waals surface area (Å²) in [5.74, 6) is 0.161. The van der Waals surface area contributed by atoms with Crippen LogP contribution in [0.1, 0.15) is 5.56 Å². The number of benzene rings is 1. The van der Waals surface area contributed by atoms with E-state index in [1.54, 1.807) is 23.9 Å². The minimum Gasteiger partial charge on any atom is -0.279 e. The van der Waals surface area contributed by atoms with Crippen LogP contribution in [0.25, 0.3) is 11.4 Å². The Hall–Kier alpha value is -1.49. The van der Waals surface area contributed by atoms with Gasteiger partial charge in [0.1, 0.15) is 5.82 Å². The van der Waals surface area contributed by atoms with Gasteiger partial charge < -0.3 is 0 Å². The monoisotopic (exact) mass is 223 g/mol. The number of H-pyrrole nitrogens is 1. The second-order valence-corrected chi connectivity index (χ2v) is 3.76. The van der Waals surface area contributed by atoms with Crippen molar-refractivity contribution in [2.24, 2.45) is 7.05 Å². The van der Waals surface area contributed by atoms with Gasteiger partial charge in [0.25, 0.3) is 0 Å². The van der Waals surface area contributed by atoms with Crippen molar-refractivity contribution in [2.45, 2.75) is 6.92 Å². The molecule has 0 radical (unpaired) electrons. The molecule has 1 aromatic carbocycles. The zero-order valence-electron chi connectivity index (χ0n) is 8.41. The molecular weight excluding hydrogens is 213 g/mol. The lowest BCUT2D eigenvalue weighted by Crippen LogP contribution is -1.91. The Kier molecular flexibility index (Phi) is 2.40. The van der Waals surface area contributed by atoms with Crippen molar-refractivity contribution in [2.75, 3.05) is 0 Å². The van der Waals surface area contributed by atoms with Crippen LogP contribution in [0, 0.1) is 17.5 Å². The average molecular weight is 223 g/mol. The van der Waals surface area contributed by atoms with Gasteiger partial charge in [-0.3, -0.25) is 9.78 Å². The third-order valence-electron chi connectivity index (χ3n) is 2.14. The molecule has 0 unspecified atom stereocenters. The number of aromatic amines is 1. The zero-order chi connectivity index (χ0) is 11.0. The van der Waals surface area contributed by atoms with Crippen molar-refractivity contribution in [3.05, 3.63) is 34.4 Å². The first-order chi connectivity index (χ1) is 7.08. The molecule has 0 fully saturated rings. The molecule has 0 aliphatic heterocycles. The molecule has 0 spiro atoms. The summed E-state index contributed by atoms with van der Waals surface area (Å²) in [7, 11) is 1.74. The van der Waals surface area contributed by atoms with Crippen molar-refractivity contribution in [3.8, 4) is 11.4 Å². The fourth-order valence-corrected chi connectivity index (χ4v) is 1.48. The summed E-state index contributed by atoms with van der Waals surface area (Å²) in [6.45, 7) is 1.90. The van der Waals surface area contributed by atoms with Crippen LogP contribution in [0.5, 0.6) is 0 Å². The van der Waals surface area contributed by atoms with Crippen LogP contribution in [0.3, 0.4) is 0 Å². The summed E-state index contributed by atoms with van der Waals surface area (Å²) in [4.78, 5) is 4.06. The molecule has 2 aromatic rings. The second-order valence-electron chi connectivity index (χ2n) is 3.40. The van der Waals surface area contributed by atoms with Gasteiger partial charge in [0.15, 0.2) is 5.82 Å². The number of rotatable bonds is 1. The third-order valence-corrected chi connectivity index (χ3v) is 2.51. The van der Waals surface area contributed by atoms with Crippen LogP contribution >= 0.6 is 12.2 Å². The Labute approximate surface area is 91.6 Å². The number of aromatic nitrogens is 3. The molecule has 2 rings (SSSR count). The molecule has 78 valence electrons. The highest BCUT2D eigenvalue weighted by molar-refractivity contribution is 7.71. The minimum atomic E-state index is -0.301. The second kappa shape index (κ2) is 3.58. The van der Waals surface area contributed by atoms with Gasteiger partial charge in [0.2, 0.25) is 4.77 Å². The number of nitrogens with zero attached hydrogens (tertiary/aromatic N) is 2. The molecular formula is C10H10FN3S. The number of hydrogen-bond acceptors (Lipinski definition) is 2. The minimum absolute atomic E-state index is 0.301. The van der Waals surface area contributed by atoms with Gasteiger partial charge in [-0.15, -0.1) is 0 Å². The highest BCUT2D eigenvalue weighted by Crippen LogP contribution is 2.20. The van der Waals surface area contributed by atoms with Gasteiger partial charge in [0, 0.05) is 7.05 Å². The molecule has 15 heavy (non-hydrogen) atoms. The fraction of sp³-hybridized carbons (Fsp3) is 0.200. The van der Waals surface area contributed by atoms with Gasteiger partial charge in [0.05, 0.1) is 5.56 Å². The van der Waals surface area contributed by atoms with Crippen LogP contribution in [0.2, 0.25) is 0 Å². The lowest BCUT2D eigenvalue weighted by atomic mass is 10.1. The van der Waals surface area contributed by atoms with Gasteiger partial charge in [-0.2, -0.15) is 4.98 Å². The number of hydrogen-bond donors (Lipinski definition) is 1. The molecule has 0 saturated carbocycles. The predicted molar refractivity (Wildman–Crippen MR) is 58.5 cm³/mol. The highest BCUT2D eigenvalue weighted by Gasteiger charge is 2.08. The molecule has 3 nitrogen and oxygen atoms in total. The van der Waals surface area contributed by atoms with Crippen molar-refractivity contribution >= 4 is 12.2 Å². The van der Waals surface area contributed by atoms with Crippen molar-refractivity contribution < 1.29 is 4.39 Å². The first kappa shape index (κ1) is 10.0. The van der Waals surface area contributed by atoms with E-state index in [2.05, 4.69) is 10.1 Å². The van der Waals surface area contributed by atoms with E-state index in [9.17, 15) is 4.39 Å². The molecule has 0 aliphatic rings. The van der Waals surface area contributed by atoms with Gasteiger partial charge in [-0.05, 0) is 31.3 Å². The zero-order valence-corrected chi connectivity index (χ0v) is 9.23. The van der Waals surface area contributed by atoms with Crippen LogP contribution in [-0.2, 0) is 7.05 Å². The van der Waals surface area contributed by atoms with E-state index in [0.717, 1.165) is 5.56 Å². The Morgan fingerprint density at radius 3 is 2.80 bits per heavy atom. The Morgan fingerprint density at radius 1 is 1.47 bits per heavy atom. The molecule has 0 bridgehead atoms. The summed E-state index contributed by atoms with van der Waals surface area (Å²) in [6.07, 6.45) is 0. The SMILES string of the molecule is Cc1ccc(F)c(-c2nc(=S)n(C)[nH]2)c1. The van der Waals surface area contributed by atoms with Crippen LogP contribution < -0.4 is 0 Å². The summed E-state index contributed by atoms with van der Waals surface area (Å²) in [5, 5.41) is 2.89. The topological polar surface area (TPSA) is 33.6 Å². The summed E-state index contributed by atoms with van der Waals surface area (Å²) in [6, 6.07) is 4.88. The molecule has 1 N–H and O–H groups in total. The summed E-state index contributed by atoms with van der Waals surface area (Å²) >= 11 is 4.95. The van der Waals surface area contributed by atoms with E-state index in [1.165, 1.54) is 6.07 Å². The fourth-order valence-electron chi connectivity index (χ4n) is 1.34. The quantitative estimate of drug-likeness (QED) is 0.754. The van der Waals surface area contributed by atoms with E-state index >= 15 is 0 Å². The van der Waals surface area contributed by atoms with Crippen molar-refractivity contribution in [3.63, 3.8) is 0 Å². The lowest BCUT2D eigenvalue weighted by molar-refractivity contribution is 0.629. The smallest absolute Gasteiger partial charge is 0.216 e. The van der Waals surface area contributed by atoms with Crippen LogP contribution in [0.15, 0.2) is 18.2 Å². The Bertz CT molecular complexity index is 556. The molecule has 0 atom stereocenters. The van der Waals surface area contributed by atoms with Crippen LogP contribution in [0.4, 0.5) is 4.39 Å². The highest BCUT2D eigenvalue weighted by atomic mass is 32.1. The van der Waals surface area contributed by atoms with Gasteiger partial charge in [-0.1, -0.05) is 11.6 Å². The van der Waals surface area contributed by atoms with Gasteiger partial charge >= 0.3 is 0 Å². The Morgan fingerprint density at radius 2 is 2.20 bits per heavy atom. The normalized spacial score (nSPS) is 10.6.